The van der Waals surface area contributed by atoms with Crippen molar-refractivity contribution in [2.75, 3.05) is 13.7 Å². The summed E-state index contributed by atoms with van der Waals surface area (Å²) < 4.78 is 8.87. The van der Waals surface area contributed by atoms with E-state index in [9.17, 15) is 14.4 Å². The average molecular weight is 230 g/mol. The van der Waals surface area contributed by atoms with Crippen LogP contribution in [0.2, 0.25) is 0 Å². The molecule has 0 spiro atoms. The lowest BCUT2D eigenvalue weighted by Crippen LogP contribution is -2.26. The van der Waals surface area contributed by atoms with Crippen LogP contribution in [-0.2, 0) is 23.9 Å². The predicted molar refractivity (Wildman–Crippen MR) is 53.4 cm³/mol. The quantitative estimate of drug-likeness (QED) is 0.472. The van der Waals surface area contributed by atoms with Gasteiger partial charge >= 0.3 is 11.9 Å². The van der Waals surface area contributed by atoms with Crippen molar-refractivity contribution in [3.8, 4) is 0 Å². The molecule has 1 N–H and O–H groups in total. The average Bonchev–Trinajstić information content (AvgIpc) is 2.31. The minimum Gasteiger partial charge on any atom is -0.469 e. The van der Waals surface area contributed by atoms with Crippen LogP contribution >= 0.6 is 0 Å². The zero-order valence-electron chi connectivity index (χ0n) is 8.97. The number of esters is 2. The summed E-state index contributed by atoms with van der Waals surface area (Å²) in [5.41, 5.74) is 0. The summed E-state index contributed by atoms with van der Waals surface area (Å²) in [5.74, 6) is -1.83. The van der Waals surface area contributed by atoms with Gasteiger partial charge in [0.15, 0.2) is 11.9 Å². The maximum atomic E-state index is 11.0. The van der Waals surface area contributed by atoms with Crippen LogP contribution in [0.5, 0.6) is 0 Å². The standard InChI is InChI=1S/C10H14O6/c1-3-7(11)8(12)6-16-10(14)5-4-9(13)15-2/h3,8,12H,1,4-6H2,2H3. The first-order valence-corrected chi connectivity index (χ1v) is 4.58. The van der Waals surface area contributed by atoms with Crippen molar-refractivity contribution in [1.82, 2.24) is 0 Å². The van der Waals surface area contributed by atoms with Crippen molar-refractivity contribution < 1.29 is 29.0 Å². The molecule has 0 rings (SSSR count). The summed E-state index contributed by atoms with van der Waals surface area (Å²) in [7, 11) is 1.21. The highest BCUT2D eigenvalue weighted by Crippen LogP contribution is 1.97. The zero-order valence-corrected chi connectivity index (χ0v) is 8.97. The first-order valence-electron chi connectivity index (χ1n) is 4.58. The molecule has 0 fully saturated rings. The van der Waals surface area contributed by atoms with E-state index in [1.807, 2.05) is 0 Å². The Hall–Kier alpha value is -1.69. The lowest BCUT2D eigenvalue weighted by atomic mass is 10.2. The first-order chi connectivity index (χ1) is 7.51. The van der Waals surface area contributed by atoms with E-state index in [0.717, 1.165) is 6.08 Å². The molecule has 6 nitrogen and oxygen atoms in total. The second kappa shape index (κ2) is 7.58. The van der Waals surface area contributed by atoms with Gasteiger partial charge in [-0.3, -0.25) is 14.4 Å². The van der Waals surface area contributed by atoms with E-state index >= 15 is 0 Å². The Kier molecular flexibility index (Phi) is 6.78. The van der Waals surface area contributed by atoms with Crippen molar-refractivity contribution in [3.63, 3.8) is 0 Å². The van der Waals surface area contributed by atoms with E-state index in [0.29, 0.717) is 0 Å². The molecule has 1 atom stereocenters. The molecule has 90 valence electrons. The summed E-state index contributed by atoms with van der Waals surface area (Å²) >= 11 is 0. The van der Waals surface area contributed by atoms with Crippen LogP contribution in [0.1, 0.15) is 12.8 Å². The highest BCUT2D eigenvalue weighted by molar-refractivity contribution is 5.93. The fraction of sp³-hybridized carbons (Fsp3) is 0.500. The monoisotopic (exact) mass is 230 g/mol. The molecule has 0 radical (unpaired) electrons. The Morgan fingerprint density at radius 1 is 1.31 bits per heavy atom. The van der Waals surface area contributed by atoms with E-state index in [4.69, 9.17) is 5.11 Å². The zero-order chi connectivity index (χ0) is 12.6. The number of methoxy groups -OCH3 is 1. The summed E-state index contributed by atoms with van der Waals surface area (Å²) in [6.07, 6.45) is -0.713. The fourth-order valence-corrected chi connectivity index (χ4v) is 0.768. The molecule has 0 saturated carbocycles. The van der Waals surface area contributed by atoms with E-state index in [-0.39, 0.29) is 12.8 Å². The largest absolute Gasteiger partial charge is 0.469 e. The van der Waals surface area contributed by atoms with Gasteiger partial charge in [0.05, 0.1) is 20.0 Å². The molecule has 0 aliphatic carbocycles. The van der Waals surface area contributed by atoms with Crippen LogP contribution in [0.4, 0.5) is 0 Å². The SMILES string of the molecule is C=CC(=O)C(O)COC(=O)CCC(=O)OC. The van der Waals surface area contributed by atoms with Crippen molar-refractivity contribution in [1.29, 1.82) is 0 Å². The number of ketones is 1. The smallest absolute Gasteiger partial charge is 0.306 e. The van der Waals surface area contributed by atoms with Crippen LogP contribution in [0.15, 0.2) is 12.7 Å². The third-order valence-electron chi connectivity index (χ3n) is 1.69. The number of rotatable bonds is 7. The number of hydrogen-bond acceptors (Lipinski definition) is 6. The van der Waals surface area contributed by atoms with Crippen LogP contribution in [0, 0.1) is 0 Å². The second-order valence-corrected chi connectivity index (χ2v) is 2.88. The van der Waals surface area contributed by atoms with Gasteiger partial charge in [-0.2, -0.15) is 0 Å². The van der Waals surface area contributed by atoms with E-state index < -0.39 is 30.4 Å². The molecule has 0 saturated heterocycles. The Balaban J connectivity index is 3.77. The van der Waals surface area contributed by atoms with Gasteiger partial charge in [-0.05, 0) is 6.08 Å². The third-order valence-corrected chi connectivity index (χ3v) is 1.69. The molecule has 0 aromatic heterocycles. The molecule has 0 aromatic rings. The molecule has 0 amide bonds. The van der Waals surface area contributed by atoms with Crippen molar-refractivity contribution in [2.45, 2.75) is 18.9 Å². The van der Waals surface area contributed by atoms with Gasteiger partial charge in [0.1, 0.15) is 6.61 Å². The molecule has 1 unspecified atom stereocenters. The molecular formula is C10H14O6. The van der Waals surface area contributed by atoms with Crippen LogP contribution in [0.3, 0.4) is 0 Å². The number of hydrogen-bond donors (Lipinski definition) is 1. The Morgan fingerprint density at radius 2 is 1.88 bits per heavy atom. The molecule has 0 bridgehead atoms. The van der Waals surface area contributed by atoms with Gasteiger partial charge in [0, 0.05) is 0 Å². The van der Waals surface area contributed by atoms with Gasteiger partial charge in [-0.25, -0.2) is 0 Å². The van der Waals surface area contributed by atoms with Crippen molar-refractivity contribution in [2.24, 2.45) is 0 Å². The third kappa shape index (κ3) is 5.92. The van der Waals surface area contributed by atoms with Crippen molar-refractivity contribution >= 4 is 17.7 Å². The lowest BCUT2D eigenvalue weighted by Gasteiger charge is -2.07. The second-order valence-electron chi connectivity index (χ2n) is 2.88. The fourth-order valence-electron chi connectivity index (χ4n) is 0.768. The normalized spacial score (nSPS) is 11.4. The predicted octanol–water partition coefficient (Wildman–Crippen LogP) is -0.401. The Labute approximate surface area is 92.8 Å². The van der Waals surface area contributed by atoms with Crippen molar-refractivity contribution in [3.05, 3.63) is 12.7 Å². The summed E-state index contributed by atoms with van der Waals surface area (Å²) in [6, 6.07) is 0. The van der Waals surface area contributed by atoms with Gasteiger partial charge in [0.2, 0.25) is 0 Å². The number of ether oxygens (including phenoxy) is 2. The lowest BCUT2D eigenvalue weighted by molar-refractivity contribution is -0.151. The summed E-state index contributed by atoms with van der Waals surface area (Å²) in [4.78, 5) is 32.5. The van der Waals surface area contributed by atoms with Crippen LogP contribution in [0.25, 0.3) is 0 Å². The number of carbonyl (C=O) groups is 3. The molecule has 6 heteroatoms. The van der Waals surface area contributed by atoms with E-state index in [1.165, 1.54) is 7.11 Å². The molecule has 0 heterocycles. The maximum absolute atomic E-state index is 11.0. The van der Waals surface area contributed by atoms with E-state index in [2.05, 4.69) is 16.1 Å². The van der Waals surface area contributed by atoms with Crippen LogP contribution in [-0.4, -0.2) is 42.6 Å². The Bertz CT molecular complexity index is 283. The molecule has 16 heavy (non-hydrogen) atoms. The maximum Gasteiger partial charge on any atom is 0.306 e. The van der Waals surface area contributed by atoms with Gasteiger partial charge in [0.25, 0.3) is 0 Å². The minimum atomic E-state index is -1.40. The van der Waals surface area contributed by atoms with Gasteiger partial charge in [-0.15, -0.1) is 0 Å². The molecule has 0 aromatic carbocycles. The number of aliphatic hydroxyl groups excluding tert-OH is 1. The van der Waals surface area contributed by atoms with Crippen LogP contribution < -0.4 is 0 Å². The number of aliphatic hydroxyl groups is 1. The van der Waals surface area contributed by atoms with Gasteiger partial charge in [-0.1, -0.05) is 6.58 Å². The molecule has 0 aliphatic heterocycles. The molecular weight excluding hydrogens is 216 g/mol. The Morgan fingerprint density at radius 3 is 2.38 bits per heavy atom. The number of carbonyl (C=O) groups excluding carboxylic acids is 3. The molecule has 0 aliphatic rings. The first kappa shape index (κ1) is 14.3. The summed E-state index contributed by atoms with van der Waals surface area (Å²) in [5, 5.41) is 9.10. The highest BCUT2D eigenvalue weighted by Gasteiger charge is 2.15. The topological polar surface area (TPSA) is 89.9 Å². The van der Waals surface area contributed by atoms with E-state index in [1.54, 1.807) is 0 Å². The van der Waals surface area contributed by atoms with Gasteiger partial charge < -0.3 is 14.6 Å². The summed E-state index contributed by atoms with van der Waals surface area (Å²) in [6.45, 7) is 2.73. The highest BCUT2D eigenvalue weighted by atomic mass is 16.5. The minimum absolute atomic E-state index is 0.0964.